The lowest BCUT2D eigenvalue weighted by atomic mass is 10.2. The van der Waals surface area contributed by atoms with Gasteiger partial charge in [0.2, 0.25) is 5.91 Å². The number of aryl methyl sites for hydroxylation is 2. The van der Waals surface area contributed by atoms with Crippen molar-refractivity contribution in [1.29, 1.82) is 0 Å². The Morgan fingerprint density at radius 3 is 2.74 bits per heavy atom. The van der Waals surface area contributed by atoms with Gasteiger partial charge in [-0.25, -0.2) is 4.98 Å². The van der Waals surface area contributed by atoms with Gasteiger partial charge in [-0.1, -0.05) is 11.8 Å². The standard InChI is InChI=1S/C15H19N5OS2/c1-5-19(6-2)11(21)7-22-15-18-17-13-12-9(3)10(4)23-14(12)16-8-20(13)15/h8H,5-7H2,1-4H3. The quantitative estimate of drug-likeness (QED) is 0.663. The van der Waals surface area contributed by atoms with Crippen LogP contribution >= 0.6 is 23.1 Å². The monoisotopic (exact) mass is 349 g/mol. The normalized spacial score (nSPS) is 11.5. The molecule has 0 N–H and O–H groups in total. The lowest BCUT2D eigenvalue weighted by Crippen LogP contribution is -2.31. The first kappa shape index (κ1) is 16.2. The van der Waals surface area contributed by atoms with Crippen LogP contribution in [0.25, 0.3) is 15.9 Å². The average Bonchev–Trinajstić information content (AvgIpc) is 3.08. The molecule has 23 heavy (non-hydrogen) atoms. The van der Waals surface area contributed by atoms with Gasteiger partial charge >= 0.3 is 0 Å². The summed E-state index contributed by atoms with van der Waals surface area (Å²) in [6.45, 7) is 9.61. The van der Waals surface area contributed by atoms with Crippen LogP contribution in [0.4, 0.5) is 0 Å². The first-order chi connectivity index (χ1) is 11.1. The number of hydrogen-bond acceptors (Lipinski definition) is 6. The second kappa shape index (κ2) is 6.45. The van der Waals surface area contributed by atoms with Gasteiger partial charge in [0.05, 0.1) is 11.1 Å². The Hall–Kier alpha value is -1.67. The van der Waals surface area contributed by atoms with Crippen LogP contribution in [0, 0.1) is 13.8 Å². The zero-order valence-corrected chi connectivity index (χ0v) is 15.3. The van der Waals surface area contributed by atoms with Crippen LogP contribution in [0.1, 0.15) is 24.3 Å². The third kappa shape index (κ3) is 2.81. The van der Waals surface area contributed by atoms with E-state index in [1.165, 1.54) is 22.2 Å². The smallest absolute Gasteiger partial charge is 0.233 e. The van der Waals surface area contributed by atoms with Gasteiger partial charge in [-0.2, -0.15) is 0 Å². The number of rotatable bonds is 5. The zero-order valence-electron chi connectivity index (χ0n) is 13.7. The summed E-state index contributed by atoms with van der Waals surface area (Å²) in [5.74, 6) is 0.482. The Morgan fingerprint density at radius 2 is 2.04 bits per heavy atom. The number of amides is 1. The summed E-state index contributed by atoms with van der Waals surface area (Å²) < 4.78 is 1.88. The zero-order chi connectivity index (χ0) is 16.6. The molecule has 3 aromatic rings. The highest BCUT2D eigenvalue weighted by Crippen LogP contribution is 2.32. The van der Waals surface area contributed by atoms with E-state index in [0.29, 0.717) is 10.9 Å². The topological polar surface area (TPSA) is 63.4 Å². The molecule has 0 atom stereocenters. The Balaban J connectivity index is 1.91. The van der Waals surface area contributed by atoms with E-state index < -0.39 is 0 Å². The van der Waals surface area contributed by atoms with Crippen molar-refractivity contribution < 1.29 is 4.79 Å². The fraction of sp³-hybridized carbons (Fsp3) is 0.467. The predicted molar refractivity (Wildman–Crippen MR) is 94.3 cm³/mol. The number of carbonyl (C=O) groups excluding carboxylic acids is 1. The third-order valence-corrected chi connectivity index (χ3v) is 6.03. The minimum absolute atomic E-state index is 0.119. The lowest BCUT2D eigenvalue weighted by molar-refractivity contribution is -0.127. The maximum absolute atomic E-state index is 12.1. The van der Waals surface area contributed by atoms with Crippen molar-refractivity contribution in [2.45, 2.75) is 32.9 Å². The fourth-order valence-electron chi connectivity index (χ4n) is 2.52. The van der Waals surface area contributed by atoms with E-state index in [0.717, 1.165) is 29.0 Å². The number of fused-ring (bicyclic) bond motifs is 3. The minimum Gasteiger partial charge on any atom is -0.343 e. The molecule has 6 nitrogen and oxygen atoms in total. The molecule has 0 aliphatic carbocycles. The maximum Gasteiger partial charge on any atom is 0.233 e. The van der Waals surface area contributed by atoms with E-state index in [4.69, 9.17) is 0 Å². The fourth-order valence-corrected chi connectivity index (χ4v) is 4.32. The summed E-state index contributed by atoms with van der Waals surface area (Å²) in [5.41, 5.74) is 2.01. The highest BCUT2D eigenvalue weighted by atomic mass is 32.2. The molecule has 0 fully saturated rings. The van der Waals surface area contributed by atoms with Gasteiger partial charge in [0.25, 0.3) is 0 Å². The van der Waals surface area contributed by atoms with Gasteiger partial charge in [-0.05, 0) is 33.3 Å². The summed E-state index contributed by atoms with van der Waals surface area (Å²) in [4.78, 5) is 20.7. The summed E-state index contributed by atoms with van der Waals surface area (Å²) >= 11 is 3.08. The van der Waals surface area contributed by atoms with Gasteiger partial charge in [0, 0.05) is 18.0 Å². The molecule has 3 aromatic heterocycles. The minimum atomic E-state index is 0.119. The van der Waals surface area contributed by atoms with Crippen LogP contribution in [0.15, 0.2) is 11.5 Å². The summed E-state index contributed by atoms with van der Waals surface area (Å²) in [6, 6.07) is 0. The molecule has 0 aromatic carbocycles. The van der Waals surface area contributed by atoms with Gasteiger partial charge in [-0.15, -0.1) is 21.5 Å². The molecule has 0 aliphatic heterocycles. The molecule has 8 heteroatoms. The Labute approximate surface area is 142 Å². The highest BCUT2D eigenvalue weighted by Gasteiger charge is 2.17. The number of thioether (sulfide) groups is 1. The Bertz CT molecular complexity index is 866. The Kier molecular flexibility index (Phi) is 4.54. The Morgan fingerprint density at radius 1 is 1.30 bits per heavy atom. The van der Waals surface area contributed by atoms with E-state index in [1.807, 2.05) is 23.1 Å². The van der Waals surface area contributed by atoms with Crippen LogP contribution in [-0.4, -0.2) is 49.2 Å². The molecular formula is C15H19N5OS2. The van der Waals surface area contributed by atoms with Crippen molar-refractivity contribution in [2.24, 2.45) is 0 Å². The first-order valence-corrected chi connectivity index (χ1v) is 9.37. The predicted octanol–water partition coefficient (Wildman–Crippen LogP) is 2.92. The van der Waals surface area contributed by atoms with Crippen LogP contribution in [0.3, 0.4) is 0 Å². The lowest BCUT2D eigenvalue weighted by Gasteiger charge is -2.17. The van der Waals surface area contributed by atoms with E-state index >= 15 is 0 Å². The highest BCUT2D eigenvalue weighted by molar-refractivity contribution is 7.99. The molecule has 122 valence electrons. The van der Waals surface area contributed by atoms with Gasteiger partial charge in [0.15, 0.2) is 10.8 Å². The molecule has 0 aliphatic rings. The molecule has 0 unspecified atom stereocenters. The number of carbonyl (C=O) groups is 1. The van der Waals surface area contributed by atoms with E-state index in [-0.39, 0.29) is 5.91 Å². The van der Waals surface area contributed by atoms with E-state index in [2.05, 4.69) is 29.0 Å². The second-order valence-electron chi connectivity index (χ2n) is 5.24. The molecule has 0 saturated heterocycles. The average molecular weight is 349 g/mol. The van der Waals surface area contributed by atoms with Gasteiger partial charge in [0.1, 0.15) is 11.2 Å². The third-order valence-electron chi connectivity index (χ3n) is 3.99. The summed E-state index contributed by atoms with van der Waals surface area (Å²) in [6.07, 6.45) is 1.75. The van der Waals surface area contributed by atoms with Crippen molar-refractivity contribution >= 4 is 44.9 Å². The van der Waals surface area contributed by atoms with Crippen LogP contribution in [0.5, 0.6) is 0 Å². The molecule has 3 rings (SSSR count). The largest absolute Gasteiger partial charge is 0.343 e. The molecule has 1 amide bonds. The van der Waals surface area contributed by atoms with Crippen molar-refractivity contribution in [3.8, 4) is 0 Å². The van der Waals surface area contributed by atoms with E-state index in [9.17, 15) is 4.79 Å². The number of nitrogens with zero attached hydrogens (tertiary/aromatic N) is 5. The van der Waals surface area contributed by atoms with Crippen LogP contribution in [0.2, 0.25) is 0 Å². The van der Waals surface area contributed by atoms with Crippen molar-refractivity contribution in [3.05, 3.63) is 16.8 Å². The molecule has 0 saturated carbocycles. The van der Waals surface area contributed by atoms with Gasteiger partial charge < -0.3 is 4.90 Å². The SMILES string of the molecule is CCN(CC)C(=O)CSc1nnc2c3c(C)c(C)sc3ncn12. The van der Waals surface area contributed by atoms with Crippen LogP contribution in [-0.2, 0) is 4.79 Å². The molecule has 0 spiro atoms. The summed E-state index contributed by atoms with van der Waals surface area (Å²) in [5, 5.41) is 10.3. The molecule has 0 radical (unpaired) electrons. The van der Waals surface area contributed by atoms with Crippen molar-refractivity contribution in [1.82, 2.24) is 24.5 Å². The number of aromatic nitrogens is 4. The van der Waals surface area contributed by atoms with Gasteiger partial charge in [-0.3, -0.25) is 9.20 Å². The molecular weight excluding hydrogens is 330 g/mol. The number of hydrogen-bond donors (Lipinski definition) is 0. The first-order valence-electron chi connectivity index (χ1n) is 7.56. The molecule has 0 bridgehead atoms. The maximum atomic E-state index is 12.1. The van der Waals surface area contributed by atoms with E-state index in [1.54, 1.807) is 17.7 Å². The summed E-state index contributed by atoms with van der Waals surface area (Å²) in [7, 11) is 0. The van der Waals surface area contributed by atoms with Crippen molar-refractivity contribution in [2.75, 3.05) is 18.8 Å². The van der Waals surface area contributed by atoms with Crippen LogP contribution < -0.4 is 0 Å². The number of thiophene rings is 1. The molecule has 3 heterocycles. The van der Waals surface area contributed by atoms with Crippen molar-refractivity contribution in [3.63, 3.8) is 0 Å². The second-order valence-corrected chi connectivity index (χ2v) is 7.38.